The van der Waals surface area contributed by atoms with Gasteiger partial charge in [0.1, 0.15) is 11.5 Å². The van der Waals surface area contributed by atoms with Crippen molar-refractivity contribution in [1.82, 2.24) is 19.9 Å². The normalized spacial score (nSPS) is 10.4. The highest BCUT2D eigenvalue weighted by Crippen LogP contribution is 2.05. The Morgan fingerprint density at radius 2 is 2.04 bits per heavy atom. The summed E-state index contributed by atoms with van der Waals surface area (Å²) < 4.78 is 4.98. The van der Waals surface area contributed by atoms with Crippen molar-refractivity contribution >= 4 is 11.7 Å². The quantitative estimate of drug-likeness (QED) is 0.705. The Morgan fingerprint density at radius 3 is 2.71 bits per heavy atom. The number of nitrogens with one attached hydrogen (secondary N) is 1. The summed E-state index contributed by atoms with van der Waals surface area (Å²) in [5, 5.41) is 3.14. The minimum absolute atomic E-state index is 0.137. The Morgan fingerprint density at radius 1 is 1.25 bits per heavy atom. The molecule has 0 fully saturated rings. The molecule has 2 aromatic rings. The molecule has 0 aliphatic carbocycles. The van der Waals surface area contributed by atoms with E-state index in [9.17, 15) is 4.79 Å². The molecule has 0 aliphatic rings. The number of ether oxygens (including phenoxy) is 1. The second-order valence-corrected chi connectivity index (χ2v) is 5.39. The van der Waals surface area contributed by atoms with Gasteiger partial charge in [-0.3, -0.25) is 9.78 Å². The second kappa shape index (κ2) is 9.57. The molecule has 0 aliphatic heterocycles. The highest BCUT2D eigenvalue weighted by molar-refractivity contribution is 5.91. The molecule has 7 nitrogen and oxygen atoms in total. The van der Waals surface area contributed by atoms with Gasteiger partial charge in [-0.1, -0.05) is 0 Å². The van der Waals surface area contributed by atoms with E-state index in [1.807, 2.05) is 12.1 Å². The maximum Gasteiger partial charge on any atom is 0.273 e. The molecule has 0 saturated carbocycles. The number of anilines is 1. The zero-order valence-electron chi connectivity index (χ0n) is 14.1. The van der Waals surface area contributed by atoms with Crippen LogP contribution in [0, 0.1) is 0 Å². The SMILES string of the molecule is COCCCNc1cnc(C(=O)N(C)CCc2ccncc2)cn1. The van der Waals surface area contributed by atoms with E-state index in [4.69, 9.17) is 4.74 Å². The first-order valence-electron chi connectivity index (χ1n) is 7.90. The summed E-state index contributed by atoms with van der Waals surface area (Å²) in [4.78, 5) is 26.4. The van der Waals surface area contributed by atoms with Gasteiger partial charge < -0.3 is 15.0 Å². The lowest BCUT2D eigenvalue weighted by atomic mass is 10.2. The average molecular weight is 329 g/mol. The largest absolute Gasteiger partial charge is 0.385 e. The van der Waals surface area contributed by atoms with Crippen molar-refractivity contribution in [3.05, 3.63) is 48.2 Å². The van der Waals surface area contributed by atoms with Gasteiger partial charge in [0.15, 0.2) is 0 Å². The van der Waals surface area contributed by atoms with Crippen LogP contribution in [0.4, 0.5) is 5.82 Å². The van der Waals surface area contributed by atoms with Gasteiger partial charge in [0.05, 0.1) is 12.4 Å². The van der Waals surface area contributed by atoms with Crippen LogP contribution in [0.3, 0.4) is 0 Å². The van der Waals surface area contributed by atoms with E-state index in [1.54, 1.807) is 37.6 Å². The van der Waals surface area contributed by atoms with Crippen LogP contribution in [-0.2, 0) is 11.2 Å². The summed E-state index contributed by atoms with van der Waals surface area (Å²) in [5.41, 5.74) is 1.49. The van der Waals surface area contributed by atoms with Crippen molar-refractivity contribution in [2.75, 3.05) is 39.2 Å². The first-order chi connectivity index (χ1) is 11.7. The van der Waals surface area contributed by atoms with Gasteiger partial charge in [-0.2, -0.15) is 0 Å². The Balaban J connectivity index is 1.82. The van der Waals surface area contributed by atoms with Crippen LogP contribution in [0.1, 0.15) is 22.5 Å². The summed E-state index contributed by atoms with van der Waals surface area (Å²) in [7, 11) is 3.44. The van der Waals surface area contributed by atoms with Crippen LogP contribution in [0.2, 0.25) is 0 Å². The minimum Gasteiger partial charge on any atom is -0.385 e. The third-order valence-electron chi connectivity index (χ3n) is 3.53. The average Bonchev–Trinajstić information content (AvgIpc) is 2.64. The molecule has 24 heavy (non-hydrogen) atoms. The number of hydrogen-bond acceptors (Lipinski definition) is 6. The van der Waals surface area contributed by atoms with Gasteiger partial charge in [0, 0.05) is 46.2 Å². The molecule has 2 rings (SSSR count). The first-order valence-corrected chi connectivity index (χ1v) is 7.90. The number of aromatic nitrogens is 3. The van der Waals surface area contributed by atoms with E-state index in [2.05, 4.69) is 20.3 Å². The fraction of sp³-hybridized carbons (Fsp3) is 0.412. The molecule has 7 heteroatoms. The van der Waals surface area contributed by atoms with E-state index < -0.39 is 0 Å². The molecular formula is C17H23N5O2. The zero-order chi connectivity index (χ0) is 17.2. The van der Waals surface area contributed by atoms with Gasteiger partial charge in [-0.25, -0.2) is 9.97 Å². The molecule has 2 heterocycles. The molecule has 1 N–H and O–H groups in total. The third-order valence-corrected chi connectivity index (χ3v) is 3.53. The molecule has 0 bridgehead atoms. The molecule has 0 spiro atoms. The standard InChI is InChI=1S/C17H23N5O2/c1-22(10-6-14-4-8-18-9-5-14)17(23)15-12-21-16(13-20-15)19-7-3-11-24-2/h4-5,8-9,12-13H,3,6-7,10-11H2,1-2H3,(H,19,21). The van der Waals surface area contributed by atoms with Crippen LogP contribution in [0.15, 0.2) is 36.9 Å². The number of carbonyl (C=O) groups excluding carboxylic acids is 1. The number of amides is 1. The lowest BCUT2D eigenvalue weighted by Gasteiger charge is -2.16. The number of carbonyl (C=O) groups is 1. The third kappa shape index (κ3) is 5.58. The predicted molar refractivity (Wildman–Crippen MR) is 91.9 cm³/mol. The molecule has 0 radical (unpaired) electrons. The summed E-state index contributed by atoms with van der Waals surface area (Å²) in [6.45, 7) is 2.06. The summed E-state index contributed by atoms with van der Waals surface area (Å²) in [6, 6.07) is 3.89. The van der Waals surface area contributed by atoms with Crippen LogP contribution < -0.4 is 5.32 Å². The number of nitrogens with zero attached hydrogens (tertiary/aromatic N) is 4. The lowest BCUT2D eigenvalue weighted by molar-refractivity contribution is 0.0790. The summed E-state index contributed by atoms with van der Waals surface area (Å²) >= 11 is 0. The molecule has 2 aromatic heterocycles. The van der Waals surface area contributed by atoms with Crippen molar-refractivity contribution in [2.45, 2.75) is 12.8 Å². The Labute approximate surface area is 142 Å². The molecular weight excluding hydrogens is 306 g/mol. The Kier molecular flexibility index (Phi) is 7.10. The van der Waals surface area contributed by atoms with Gasteiger partial charge in [0.2, 0.25) is 0 Å². The fourth-order valence-electron chi connectivity index (χ4n) is 2.11. The van der Waals surface area contributed by atoms with Crippen LogP contribution in [0.5, 0.6) is 0 Å². The van der Waals surface area contributed by atoms with E-state index in [0.717, 1.165) is 24.9 Å². The van der Waals surface area contributed by atoms with E-state index in [-0.39, 0.29) is 5.91 Å². The van der Waals surface area contributed by atoms with Crippen molar-refractivity contribution in [3.8, 4) is 0 Å². The van der Waals surface area contributed by atoms with E-state index in [0.29, 0.717) is 24.7 Å². The Bertz CT molecular complexity index is 619. The van der Waals surface area contributed by atoms with Crippen LogP contribution in [0.25, 0.3) is 0 Å². The molecule has 0 saturated heterocycles. The Hall–Kier alpha value is -2.54. The summed E-state index contributed by atoms with van der Waals surface area (Å²) in [6.07, 6.45) is 8.25. The van der Waals surface area contributed by atoms with Crippen molar-refractivity contribution in [3.63, 3.8) is 0 Å². The molecule has 128 valence electrons. The molecule has 1 amide bonds. The highest BCUT2D eigenvalue weighted by atomic mass is 16.5. The predicted octanol–water partition coefficient (Wildman–Crippen LogP) is 1.63. The van der Waals surface area contributed by atoms with Gasteiger partial charge >= 0.3 is 0 Å². The number of methoxy groups -OCH3 is 1. The van der Waals surface area contributed by atoms with Gasteiger partial charge in [0.25, 0.3) is 5.91 Å². The van der Waals surface area contributed by atoms with E-state index in [1.165, 1.54) is 6.20 Å². The van der Waals surface area contributed by atoms with Crippen LogP contribution in [-0.4, -0.2) is 59.6 Å². The fourth-order valence-corrected chi connectivity index (χ4v) is 2.11. The van der Waals surface area contributed by atoms with Gasteiger partial charge in [-0.15, -0.1) is 0 Å². The monoisotopic (exact) mass is 329 g/mol. The molecule has 0 atom stereocenters. The van der Waals surface area contributed by atoms with Crippen molar-refractivity contribution in [1.29, 1.82) is 0 Å². The second-order valence-electron chi connectivity index (χ2n) is 5.39. The number of likely N-dealkylation sites (N-methyl/N-ethyl adjacent to an activating group) is 1. The maximum absolute atomic E-state index is 12.4. The summed E-state index contributed by atoms with van der Waals surface area (Å²) in [5.74, 6) is 0.518. The maximum atomic E-state index is 12.4. The zero-order valence-corrected chi connectivity index (χ0v) is 14.1. The number of rotatable bonds is 9. The smallest absolute Gasteiger partial charge is 0.273 e. The topological polar surface area (TPSA) is 80.2 Å². The number of pyridine rings is 1. The highest BCUT2D eigenvalue weighted by Gasteiger charge is 2.13. The molecule has 0 unspecified atom stereocenters. The van der Waals surface area contributed by atoms with Crippen LogP contribution >= 0.6 is 0 Å². The lowest BCUT2D eigenvalue weighted by Crippen LogP contribution is -2.29. The van der Waals surface area contributed by atoms with Crippen molar-refractivity contribution < 1.29 is 9.53 Å². The van der Waals surface area contributed by atoms with Gasteiger partial charge in [-0.05, 0) is 30.5 Å². The molecule has 0 aromatic carbocycles. The van der Waals surface area contributed by atoms with E-state index >= 15 is 0 Å². The van der Waals surface area contributed by atoms with Crippen molar-refractivity contribution in [2.24, 2.45) is 0 Å². The minimum atomic E-state index is -0.137. The first kappa shape index (κ1) is 17.8. The number of hydrogen-bond donors (Lipinski definition) is 1.